The number of likely N-dealkylation sites (N-methyl/N-ethyl adjacent to an activating group) is 1. The highest BCUT2D eigenvalue weighted by Crippen LogP contribution is 2.28. The quantitative estimate of drug-likeness (QED) is 0.704. The Balaban J connectivity index is 2.72. The Morgan fingerprint density at radius 3 is 2.70 bits per heavy atom. The second kappa shape index (κ2) is 8.43. The van der Waals surface area contributed by atoms with Crippen LogP contribution in [0.25, 0.3) is 0 Å². The van der Waals surface area contributed by atoms with Crippen LogP contribution in [0.15, 0.2) is 18.2 Å². The van der Waals surface area contributed by atoms with Crippen molar-refractivity contribution < 1.29 is 19.4 Å². The highest BCUT2D eigenvalue weighted by atomic mass is 16.5. The van der Waals surface area contributed by atoms with Crippen LogP contribution in [0.1, 0.15) is 25.3 Å². The van der Waals surface area contributed by atoms with E-state index in [1.54, 1.807) is 19.1 Å². The predicted molar refractivity (Wildman–Crippen MR) is 77.4 cm³/mol. The highest BCUT2D eigenvalue weighted by molar-refractivity contribution is 5.69. The van der Waals surface area contributed by atoms with Gasteiger partial charge in [0.25, 0.3) is 0 Å². The van der Waals surface area contributed by atoms with Gasteiger partial charge in [-0.2, -0.15) is 0 Å². The minimum absolute atomic E-state index is 0.0120. The van der Waals surface area contributed by atoms with Crippen LogP contribution in [0.3, 0.4) is 0 Å². The molecule has 5 heteroatoms. The second-order valence-corrected chi connectivity index (χ2v) is 4.75. The zero-order valence-corrected chi connectivity index (χ0v) is 12.4. The molecule has 1 rings (SSSR count). The summed E-state index contributed by atoms with van der Waals surface area (Å²) >= 11 is 0. The molecule has 0 aliphatic carbocycles. The molecule has 0 aliphatic heterocycles. The summed E-state index contributed by atoms with van der Waals surface area (Å²) in [6.07, 6.45) is 2.07. The lowest BCUT2D eigenvalue weighted by atomic mass is 10.2. The van der Waals surface area contributed by atoms with Crippen LogP contribution in [0.4, 0.5) is 0 Å². The number of carbonyl (C=O) groups is 1. The third-order valence-corrected chi connectivity index (χ3v) is 2.84. The molecule has 1 N–H and O–H groups in total. The molecule has 0 spiro atoms. The van der Waals surface area contributed by atoms with Crippen molar-refractivity contribution in [1.82, 2.24) is 4.90 Å². The molecule has 1 aromatic rings. The maximum Gasteiger partial charge on any atom is 0.317 e. The molecule has 0 bridgehead atoms. The lowest BCUT2D eigenvalue weighted by Gasteiger charge is -2.16. The van der Waals surface area contributed by atoms with E-state index in [0.717, 1.165) is 18.4 Å². The molecule has 0 saturated carbocycles. The number of ether oxygens (including phenoxy) is 2. The van der Waals surface area contributed by atoms with Gasteiger partial charge in [-0.05, 0) is 31.2 Å². The fraction of sp³-hybridized carbons (Fsp3) is 0.533. The molecule has 0 saturated heterocycles. The minimum atomic E-state index is -0.833. The SMILES string of the molecule is CCCCOc1cc(CN(C)CC(=O)O)ccc1OC. The first-order chi connectivity index (χ1) is 9.56. The number of hydrogen-bond acceptors (Lipinski definition) is 4. The predicted octanol–water partition coefficient (Wildman–Crippen LogP) is 2.39. The van der Waals surface area contributed by atoms with Crippen LogP contribution >= 0.6 is 0 Å². The minimum Gasteiger partial charge on any atom is -0.493 e. The van der Waals surface area contributed by atoms with Crippen LogP contribution in [-0.2, 0) is 11.3 Å². The Bertz CT molecular complexity index is 434. The van der Waals surface area contributed by atoms with Crippen molar-refractivity contribution in [2.75, 3.05) is 27.3 Å². The molecular formula is C15H23NO4. The van der Waals surface area contributed by atoms with E-state index < -0.39 is 5.97 Å². The Morgan fingerprint density at radius 1 is 1.35 bits per heavy atom. The summed E-state index contributed by atoms with van der Waals surface area (Å²) in [6, 6.07) is 5.68. The van der Waals surface area contributed by atoms with Crippen molar-refractivity contribution in [3.63, 3.8) is 0 Å². The summed E-state index contributed by atoms with van der Waals surface area (Å²) in [7, 11) is 3.38. The first-order valence-corrected chi connectivity index (χ1v) is 6.76. The summed E-state index contributed by atoms with van der Waals surface area (Å²) < 4.78 is 11.0. The molecule has 0 amide bonds. The van der Waals surface area contributed by atoms with E-state index in [9.17, 15) is 4.79 Å². The third-order valence-electron chi connectivity index (χ3n) is 2.84. The van der Waals surface area contributed by atoms with Gasteiger partial charge in [-0.15, -0.1) is 0 Å². The van der Waals surface area contributed by atoms with Gasteiger partial charge in [0.05, 0.1) is 20.3 Å². The van der Waals surface area contributed by atoms with Crippen LogP contribution in [0.2, 0.25) is 0 Å². The number of benzene rings is 1. The second-order valence-electron chi connectivity index (χ2n) is 4.75. The molecule has 0 unspecified atom stereocenters. The number of carboxylic acid groups (broad SMARTS) is 1. The first-order valence-electron chi connectivity index (χ1n) is 6.76. The summed E-state index contributed by atoms with van der Waals surface area (Å²) in [4.78, 5) is 12.4. The molecular weight excluding hydrogens is 258 g/mol. The molecule has 1 aromatic carbocycles. The number of unbranched alkanes of at least 4 members (excludes halogenated alkanes) is 1. The fourth-order valence-electron chi connectivity index (χ4n) is 1.86. The van der Waals surface area contributed by atoms with Crippen LogP contribution in [0, 0.1) is 0 Å². The van der Waals surface area contributed by atoms with Gasteiger partial charge >= 0.3 is 5.97 Å². The fourth-order valence-corrected chi connectivity index (χ4v) is 1.86. The van der Waals surface area contributed by atoms with E-state index in [4.69, 9.17) is 14.6 Å². The molecule has 20 heavy (non-hydrogen) atoms. The van der Waals surface area contributed by atoms with Gasteiger partial charge in [0, 0.05) is 6.54 Å². The van der Waals surface area contributed by atoms with Gasteiger partial charge in [-0.3, -0.25) is 9.69 Å². The molecule has 0 aliphatic rings. The largest absolute Gasteiger partial charge is 0.493 e. The smallest absolute Gasteiger partial charge is 0.317 e. The average Bonchev–Trinajstić information content (AvgIpc) is 2.38. The van der Waals surface area contributed by atoms with Crippen molar-refractivity contribution in [3.05, 3.63) is 23.8 Å². The number of rotatable bonds is 9. The summed E-state index contributed by atoms with van der Waals surface area (Å²) in [5.41, 5.74) is 1.00. The van der Waals surface area contributed by atoms with Crippen molar-refractivity contribution in [2.24, 2.45) is 0 Å². The van der Waals surface area contributed by atoms with Crippen molar-refractivity contribution in [1.29, 1.82) is 0 Å². The molecule has 0 radical (unpaired) electrons. The zero-order chi connectivity index (χ0) is 15.0. The van der Waals surface area contributed by atoms with Gasteiger partial charge in [0.15, 0.2) is 11.5 Å². The van der Waals surface area contributed by atoms with Crippen molar-refractivity contribution in [2.45, 2.75) is 26.3 Å². The van der Waals surface area contributed by atoms with E-state index >= 15 is 0 Å². The standard InChI is InChI=1S/C15H23NO4/c1-4-5-8-20-14-9-12(6-7-13(14)19-3)10-16(2)11-15(17)18/h6-7,9H,4-5,8,10-11H2,1-3H3,(H,17,18). The summed E-state index contributed by atoms with van der Waals surface area (Å²) in [5, 5.41) is 8.76. The Morgan fingerprint density at radius 2 is 2.10 bits per heavy atom. The van der Waals surface area contributed by atoms with E-state index in [-0.39, 0.29) is 6.54 Å². The monoisotopic (exact) mass is 281 g/mol. The van der Waals surface area contributed by atoms with Gasteiger partial charge in [0.1, 0.15) is 0 Å². The average molecular weight is 281 g/mol. The summed E-state index contributed by atoms with van der Waals surface area (Å²) in [6.45, 7) is 3.33. The maximum absolute atomic E-state index is 10.7. The van der Waals surface area contributed by atoms with Crippen LogP contribution in [-0.4, -0.2) is 43.3 Å². The van der Waals surface area contributed by atoms with Crippen LogP contribution < -0.4 is 9.47 Å². The van der Waals surface area contributed by atoms with Gasteiger partial charge in [0.2, 0.25) is 0 Å². The number of hydrogen-bond donors (Lipinski definition) is 1. The molecule has 0 aromatic heterocycles. The molecule has 5 nitrogen and oxygen atoms in total. The number of nitrogens with zero attached hydrogens (tertiary/aromatic N) is 1. The van der Waals surface area contributed by atoms with E-state index in [1.165, 1.54) is 0 Å². The summed E-state index contributed by atoms with van der Waals surface area (Å²) in [5.74, 6) is 0.577. The molecule has 0 fully saturated rings. The maximum atomic E-state index is 10.7. The number of carboxylic acids is 1. The topological polar surface area (TPSA) is 59.0 Å². The van der Waals surface area contributed by atoms with E-state index in [0.29, 0.717) is 24.7 Å². The third kappa shape index (κ3) is 5.48. The van der Waals surface area contributed by atoms with Gasteiger partial charge in [-0.25, -0.2) is 0 Å². The first kappa shape index (κ1) is 16.3. The molecule has 112 valence electrons. The normalized spacial score (nSPS) is 10.6. The molecule has 0 heterocycles. The van der Waals surface area contributed by atoms with E-state index in [2.05, 4.69) is 6.92 Å². The van der Waals surface area contributed by atoms with Gasteiger partial charge in [-0.1, -0.05) is 19.4 Å². The molecule has 0 atom stereocenters. The number of aliphatic carboxylic acids is 1. The Hall–Kier alpha value is -1.75. The lowest BCUT2D eigenvalue weighted by molar-refractivity contribution is -0.138. The van der Waals surface area contributed by atoms with Crippen molar-refractivity contribution >= 4 is 5.97 Å². The van der Waals surface area contributed by atoms with Crippen molar-refractivity contribution in [3.8, 4) is 11.5 Å². The van der Waals surface area contributed by atoms with E-state index in [1.807, 2.05) is 18.2 Å². The number of methoxy groups -OCH3 is 1. The Labute approximate surface area is 120 Å². The van der Waals surface area contributed by atoms with Crippen LogP contribution in [0.5, 0.6) is 11.5 Å². The highest BCUT2D eigenvalue weighted by Gasteiger charge is 2.09. The lowest BCUT2D eigenvalue weighted by Crippen LogP contribution is -2.25. The van der Waals surface area contributed by atoms with Gasteiger partial charge < -0.3 is 14.6 Å². The Kier molecular flexibility index (Phi) is 6.87. The zero-order valence-electron chi connectivity index (χ0n) is 12.4.